The predicted molar refractivity (Wildman–Crippen MR) is 99.9 cm³/mol. The highest BCUT2D eigenvalue weighted by Crippen LogP contribution is 2.39. The van der Waals surface area contributed by atoms with Gasteiger partial charge in [-0.3, -0.25) is 4.79 Å². The van der Waals surface area contributed by atoms with Crippen LogP contribution >= 0.6 is 23.1 Å². The van der Waals surface area contributed by atoms with E-state index in [1.165, 1.54) is 33.2 Å². The van der Waals surface area contributed by atoms with E-state index >= 15 is 0 Å². The van der Waals surface area contributed by atoms with Crippen LogP contribution in [0.1, 0.15) is 23.8 Å². The Morgan fingerprint density at radius 2 is 2.32 bits per heavy atom. The number of carbonyl (C=O) groups is 2. The molecule has 5 nitrogen and oxygen atoms in total. The lowest BCUT2D eigenvalue weighted by Gasteiger charge is -2.15. The lowest BCUT2D eigenvalue weighted by atomic mass is 10.1. The average Bonchev–Trinajstić information content (AvgIpc) is 3.15. The highest BCUT2D eigenvalue weighted by molar-refractivity contribution is 8.04. The normalized spacial score (nSPS) is 18.8. The fourth-order valence-corrected chi connectivity index (χ4v) is 4.76. The number of ether oxygens (including phenoxy) is 1. The predicted octanol–water partition coefficient (Wildman–Crippen LogP) is 3.42. The average molecular weight is 377 g/mol. The minimum atomic E-state index is -0.717. The Balaban J connectivity index is 2.18. The molecule has 1 aliphatic heterocycles. The van der Waals surface area contributed by atoms with Gasteiger partial charge in [0.25, 0.3) is 0 Å². The van der Waals surface area contributed by atoms with Gasteiger partial charge in [-0.25, -0.2) is 4.79 Å². The van der Waals surface area contributed by atoms with E-state index in [1.807, 2.05) is 18.4 Å². The minimum Gasteiger partial charge on any atom is -0.457 e. The summed E-state index contributed by atoms with van der Waals surface area (Å²) in [7, 11) is 0. The van der Waals surface area contributed by atoms with Crippen molar-refractivity contribution in [1.82, 2.24) is 4.90 Å². The van der Waals surface area contributed by atoms with Crippen LogP contribution in [0, 0.1) is 18.3 Å². The molecule has 1 fully saturated rings. The first-order valence-electron chi connectivity index (χ1n) is 7.96. The molecule has 1 aromatic heterocycles. The molecule has 1 unspecified atom stereocenters. The molecule has 2 heterocycles. The first kappa shape index (κ1) is 19.3. The molecule has 132 valence electrons. The van der Waals surface area contributed by atoms with Gasteiger partial charge in [-0.05, 0) is 43.7 Å². The summed E-state index contributed by atoms with van der Waals surface area (Å²) in [5.41, 5.74) is 1.12. The lowest BCUT2D eigenvalue weighted by Crippen LogP contribution is -2.29. The molecular weight excluding hydrogens is 356 g/mol. The van der Waals surface area contributed by atoms with Crippen LogP contribution in [0.25, 0.3) is 0 Å². The summed E-state index contributed by atoms with van der Waals surface area (Å²) in [6.07, 6.45) is 2.92. The van der Waals surface area contributed by atoms with E-state index < -0.39 is 5.97 Å². The van der Waals surface area contributed by atoms with Crippen molar-refractivity contribution in [3.8, 4) is 6.07 Å². The second kappa shape index (κ2) is 8.88. The first-order chi connectivity index (χ1) is 12.0. The van der Waals surface area contributed by atoms with Gasteiger partial charge >= 0.3 is 5.97 Å². The number of nitrogens with zero attached hydrogens (tertiary/aromatic N) is 2. The lowest BCUT2D eigenvalue weighted by molar-refractivity contribution is -0.137. The molecule has 7 heteroatoms. The summed E-state index contributed by atoms with van der Waals surface area (Å²) in [5, 5.41) is 11.5. The van der Waals surface area contributed by atoms with Crippen LogP contribution < -0.4 is 0 Å². The van der Waals surface area contributed by atoms with E-state index in [9.17, 15) is 14.9 Å². The molecule has 0 radical (unpaired) electrons. The largest absolute Gasteiger partial charge is 0.457 e. The van der Waals surface area contributed by atoms with Gasteiger partial charge in [-0.2, -0.15) is 5.26 Å². The Labute approximate surface area is 156 Å². The molecule has 0 N–H and O–H groups in total. The smallest absolute Gasteiger partial charge is 0.351 e. The van der Waals surface area contributed by atoms with Crippen molar-refractivity contribution in [3.63, 3.8) is 0 Å². The van der Waals surface area contributed by atoms with Gasteiger partial charge < -0.3 is 9.64 Å². The third-order valence-electron chi connectivity index (χ3n) is 3.82. The fourth-order valence-electron chi connectivity index (χ4n) is 2.51. The quantitative estimate of drug-likeness (QED) is 0.316. The van der Waals surface area contributed by atoms with Crippen molar-refractivity contribution < 1.29 is 14.3 Å². The van der Waals surface area contributed by atoms with Crippen LogP contribution in [-0.4, -0.2) is 35.2 Å². The molecule has 0 bridgehead atoms. The second-order valence-electron chi connectivity index (χ2n) is 5.43. The van der Waals surface area contributed by atoms with Crippen molar-refractivity contribution in [2.24, 2.45) is 0 Å². The Bertz CT molecular complexity index is 746. The van der Waals surface area contributed by atoms with Crippen LogP contribution in [0.15, 0.2) is 34.7 Å². The molecule has 0 saturated carbocycles. The molecule has 1 atom stereocenters. The monoisotopic (exact) mass is 376 g/mol. The van der Waals surface area contributed by atoms with Gasteiger partial charge in [0.2, 0.25) is 5.91 Å². The number of esters is 1. The SMILES string of the molecule is C=CCOC(=O)C(C#N)=C1SC(CCc2sccc2C)C(=O)N1CC. The number of nitriles is 1. The number of aryl methyl sites for hydroxylation is 2. The van der Waals surface area contributed by atoms with Crippen LogP contribution in [-0.2, 0) is 20.7 Å². The number of thioether (sulfide) groups is 1. The van der Waals surface area contributed by atoms with Crippen molar-refractivity contribution in [3.05, 3.63) is 45.1 Å². The number of thiophene rings is 1. The van der Waals surface area contributed by atoms with Gasteiger partial charge in [-0.1, -0.05) is 24.4 Å². The third-order valence-corrected chi connectivity index (χ3v) is 6.27. The molecule has 0 aliphatic carbocycles. The molecule has 2 rings (SSSR count). The van der Waals surface area contributed by atoms with E-state index in [1.54, 1.807) is 11.3 Å². The maximum absolute atomic E-state index is 12.6. The van der Waals surface area contributed by atoms with E-state index in [2.05, 4.69) is 19.6 Å². The van der Waals surface area contributed by atoms with Crippen LogP contribution in [0.3, 0.4) is 0 Å². The number of hydrogen-bond acceptors (Lipinski definition) is 6. The summed E-state index contributed by atoms with van der Waals surface area (Å²) in [5.74, 6) is -0.771. The number of amides is 1. The topological polar surface area (TPSA) is 70.4 Å². The van der Waals surface area contributed by atoms with Gasteiger partial charge in [0.1, 0.15) is 17.7 Å². The first-order valence-corrected chi connectivity index (χ1v) is 9.72. The number of rotatable bonds is 7. The van der Waals surface area contributed by atoms with Gasteiger partial charge in [-0.15, -0.1) is 11.3 Å². The van der Waals surface area contributed by atoms with Crippen LogP contribution in [0.4, 0.5) is 0 Å². The fraction of sp³-hybridized carbons (Fsp3) is 0.389. The van der Waals surface area contributed by atoms with E-state index in [0.29, 0.717) is 18.0 Å². The zero-order valence-corrected chi connectivity index (χ0v) is 15.9. The maximum atomic E-state index is 12.6. The van der Waals surface area contributed by atoms with Crippen molar-refractivity contribution in [2.75, 3.05) is 13.2 Å². The number of carbonyl (C=O) groups excluding carboxylic acids is 2. The Morgan fingerprint density at radius 3 is 2.88 bits per heavy atom. The zero-order valence-electron chi connectivity index (χ0n) is 14.3. The molecule has 25 heavy (non-hydrogen) atoms. The third kappa shape index (κ3) is 4.33. The standard InChI is InChI=1S/C18H20N2O3S2/c1-4-9-23-18(22)13(11-19)17-20(5-2)16(21)15(25-17)7-6-14-12(3)8-10-24-14/h4,8,10,15H,1,5-7,9H2,2-3H3. The highest BCUT2D eigenvalue weighted by Gasteiger charge is 2.39. The van der Waals surface area contributed by atoms with Crippen LogP contribution in [0.5, 0.6) is 0 Å². The molecule has 1 aromatic rings. The maximum Gasteiger partial charge on any atom is 0.351 e. The van der Waals surface area contributed by atoms with Gasteiger partial charge in [0.15, 0.2) is 5.57 Å². The number of hydrogen-bond donors (Lipinski definition) is 0. The molecule has 1 saturated heterocycles. The van der Waals surface area contributed by atoms with Crippen molar-refractivity contribution in [1.29, 1.82) is 5.26 Å². The summed E-state index contributed by atoms with van der Waals surface area (Å²) in [6, 6.07) is 3.96. The van der Waals surface area contributed by atoms with Gasteiger partial charge in [0, 0.05) is 11.4 Å². The van der Waals surface area contributed by atoms with Crippen molar-refractivity contribution >= 4 is 35.0 Å². The molecule has 1 aliphatic rings. The molecule has 1 amide bonds. The van der Waals surface area contributed by atoms with E-state index in [0.717, 1.165) is 6.42 Å². The Kier molecular flexibility index (Phi) is 6.85. The minimum absolute atomic E-state index is 0.0309. The zero-order chi connectivity index (χ0) is 18.4. The summed E-state index contributed by atoms with van der Waals surface area (Å²) < 4.78 is 4.97. The summed E-state index contributed by atoms with van der Waals surface area (Å²) >= 11 is 2.97. The Hall–Kier alpha value is -2.04. The van der Waals surface area contributed by atoms with E-state index in [-0.39, 0.29) is 23.3 Å². The second-order valence-corrected chi connectivity index (χ2v) is 7.63. The van der Waals surface area contributed by atoms with Crippen LogP contribution in [0.2, 0.25) is 0 Å². The molecular formula is C18H20N2O3S2. The Morgan fingerprint density at radius 1 is 1.56 bits per heavy atom. The molecule has 0 aromatic carbocycles. The van der Waals surface area contributed by atoms with Gasteiger partial charge in [0.05, 0.1) is 5.25 Å². The summed E-state index contributed by atoms with van der Waals surface area (Å²) in [4.78, 5) is 27.5. The molecule has 0 spiro atoms. The van der Waals surface area contributed by atoms with Crippen molar-refractivity contribution in [2.45, 2.75) is 31.9 Å². The summed E-state index contributed by atoms with van der Waals surface area (Å²) in [6.45, 7) is 7.81. The van der Waals surface area contributed by atoms with E-state index in [4.69, 9.17) is 4.74 Å². The highest BCUT2D eigenvalue weighted by atomic mass is 32.2.